The molecule has 1 aromatic carbocycles. The predicted octanol–water partition coefficient (Wildman–Crippen LogP) is 4.74. The third kappa shape index (κ3) is 6.45. The normalized spacial score (nSPS) is 15.4. The SMILES string of the molecule is C/C(=N\N(C)c1ccc(N2CCC(NC(=O)OC(C)(C)C)CC2)cc1)c1cccnc1C. The van der Waals surface area contributed by atoms with E-state index >= 15 is 0 Å². The highest BCUT2D eigenvalue weighted by molar-refractivity contribution is 6.00. The Labute approximate surface area is 191 Å². The molecule has 7 nitrogen and oxygen atoms in total. The summed E-state index contributed by atoms with van der Waals surface area (Å²) in [6.45, 7) is 11.4. The molecule has 1 aliphatic heterocycles. The van der Waals surface area contributed by atoms with E-state index < -0.39 is 5.60 Å². The van der Waals surface area contributed by atoms with Crippen LogP contribution in [0.3, 0.4) is 0 Å². The number of alkyl carbamates (subject to hydrolysis) is 1. The molecule has 1 saturated heterocycles. The van der Waals surface area contributed by atoms with Crippen LogP contribution in [0.2, 0.25) is 0 Å². The molecule has 1 fully saturated rings. The van der Waals surface area contributed by atoms with Gasteiger partial charge in [0.1, 0.15) is 5.60 Å². The summed E-state index contributed by atoms with van der Waals surface area (Å²) in [5.74, 6) is 0. The fourth-order valence-electron chi connectivity index (χ4n) is 3.84. The Kier molecular flexibility index (Phi) is 7.38. The molecule has 32 heavy (non-hydrogen) atoms. The third-order valence-electron chi connectivity index (χ3n) is 5.50. The maximum atomic E-state index is 12.0. The molecule has 0 unspecified atom stereocenters. The van der Waals surface area contributed by atoms with Gasteiger partial charge in [-0.1, -0.05) is 0 Å². The summed E-state index contributed by atoms with van der Waals surface area (Å²) in [5, 5.41) is 9.61. The van der Waals surface area contributed by atoms with Crippen LogP contribution in [-0.2, 0) is 4.74 Å². The second-order valence-corrected chi connectivity index (χ2v) is 9.27. The Balaban J connectivity index is 1.55. The number of amides is 1. The Morgan fingerprint density at radius 1 is 1.19 bits per heavy atom. The number of anilines is 2. The zero-order chi connectivity index (χ0) is 23.3. The number of ether oxygens (including phenoxy) is 1. The van der Waals surface area contributed by atoms with Crippen molar-refractivity contribution in [2.75, 3.05) is 30.0 Å². The molecule has 0 spiro atoms. The lowest BCUT2D eigenvalue weighted by atomic mass is 10.0. The highest BCUT2D eigenvalue weighted by Gasteiger charge is 2.23. The topological polar surface area (TPSA) is 70.1 Å². The van der Waals surface area contributed by atoms with Crippen molar-refractivity contribution in [3.8, 4) is 0 Å². The van der Waals surface area contributed by atoms with Crippen LogP contribution in [-0.4, -0.2) is 48.6 Å². The van der Waals surface area contributed by atoms with Crippen LogP contribution < -0.4 is 15.2 Å². The number of hydrogen-bond acceptors (Lipinski definition) is 6. The molecule has 0 radical (unpaired) electrons. The predicted molar refractivity (Wildman–Crippen MR) is 131 cm³/mol. The number of benzene rings is 1. The molecule has 0 aliphatic carbocycles. The van der Waals surface area contributed by atoms with Gasteiger partial charge in [0, 0.05) is 49.3 Å². The fourth-order valence-corrected chi connectivity index (χ4v) is 3.84. The molecule has 2 aromatic rings. The Hall–Kier alpha value is -3.09. The van der Waals surface area contributed by atoms with E-state index in [1.54, 1.807) is 6.20 Å². The van der Waals surface area contributed by atoms with Gasteiger partial charge in [0.25, 0.3) is 0 Å². The van der Waals surface area contributed by atoms with Crippen LogP contribution in [0, 0.1) is 6.92 Å². The van der Waals surface area contributed by atoms with Gasteiger partial charge in [-0.15, -0.1) is 0 Å². The van der Waals surface area contributed by atoms with E-state index in [4.69, 9.17) is 9.84 Å². The van der Waals surface area contributed by atoms with E-state index in [2.05, 4.69) is 39.5 Å². The van der Waals surface area contributed by atoms with Crippen LogP contribution in [0.25, 0.3) is 0 Å². The van der Waals surface area contributed by atoms with Crippen molar-refractivity contribution < 1.29 is 9.53 Å². The standard InChI is InChI=1S/C25H35N5O2/c1-18-23(8-7-15-26-18)19(2)28-29(6)21-9-11-22(12-10-21)30-16-13-20(14-17-30)27-24(31)32-25(3,4)5/h7-12,15,20H,13-14,16-17H2,1-6H3,(H,27,31)/b28-19+. The minimum absolute atomic E-state index is 0.153. The van der Waals surface area contributed by atoms with Gasteiger partial charge < -0.3 is 15.0 Å². The molecule has 0 saturated carbocycles. The number of carbonyl (C=O) groups excluding carboxylic acids is 1. The molecule has 0 bridgehead atoms. The van der Waals surface area contributed by atoms with Crippen molar-refractivity contribution in [1.29, 1.82) is 0 Å². The number of carbonyl (C=O) groups is 1. The first-order valence-electron chi connectivity index (χ1n) is 11.2. The van der Waals surface area contributed by atoms with E-state index in [0.717, 1.165) is 48.6 Å². The number of nitrogens with zero attached hydrogens (tertiary/aromatic N) is 4. The molecule has 172 valence electrons. The average Bonchev–Trinajstić information content (AvgIpc) is 2.73. The molecule has 7 heteroatoms. The van der Waals surface area contributed by atoms with Gasteiger partial charge in [0.2, 0.25) is 0 Å². The van der Waals surface area contributed by atoms with Crippen LogP contribution in [0.15, 0.2) is 47.7 Å². The average molecular weight is 438 g/mol. The van der Waals surface area contributed by atoms with Crippen molar-refractivity contribution in [2.24, 2.45) is 5.10 Å². The second-order valence-electron chi connectivity index (χ2n) is 9.27. The number of aryl methyl sites for hydroxylation is 1. The van der Waals surface area contributed by atoms with E-state index in [-0.39, 0.29) is 12.1 Å². The van der Waals surface area contributed by atoms with Crippen molar-refractivity contribution in [3.05, 3.63) is 53.9 Å². The minimum Gasteiger partial charge on any atom is -0.444 e. The minimum atomic E-state index is -0.473. The van der Waals surface area contributed by atoms with Crippen molar-refractivity contribution in [3.63, 3.8) is 0 Å². The summed E-state index contributed by atoms with van der Waals surface area (Å²) < 4.78 is 5.37. The molecular formula is C25H35N5O2. The lowest BCUT2D eigenvalue weighted by Gasteiger charge is -2.34. The van der Waals surface area contributed by atoms with Crippen LogP contribution in [0.4, 0.5) is 16.2 Å². The van der Waals surface area contributed by atoms with E-state index in [1.165, 1.54) is 5.69 Å². The molecule has 3 rings (SSSR count). The van der Waals surface area contributed by atoms with Gasteiger partial charge in [0.15, 0.2) is 0 Å². The first-order valence-corrected chi connectivity index (χ1v) is 11.2. The number of pyridine rings is 1. The molecule has 2 heterocycles. The van der Waals surface area contributed by atoms with Gasteiger partial charge in [-0.2, -0.15) is 5.10 Å². The van der Waals surface area contributed by atoms with Gasteiger partial charge in [-0.25, -0.2) is 4.79 Å². The largest absolute Gasteiger partial charge is 0.444 e. The van der Waals surface area contributed by atoms with Crippen LogP contribution in [0.5, 0.6) is 0 Å². The van der Waals surface area contributed by atoms with E-state index in [9.17, 15) is 4.79 Å². The smallest absolute Gasteiger partial charge is 0.407 e. The van der Waals surface area contributed by atoms with Crippen molar-refractivity contribution in [1.82, 2.24) is 10.3 Å². The van der Waals surface area contributed by atoms with Crippen LogP contribution >= 0.6 is 0 Å². The highest BCUT2D eigenvalue weighted by atomic mass is 16.6. The molecule has 1 N–H and O–H groups in total. The first kappa shape index (κ1) is 23.6. The maximum absolute atomic E-state index is 12.0. The summed E-state index contributed by atoms with van der Waals surface area (Å²) in [6.07, 6.45) is 3.26. The van der Waals surface area contributed by atoms with E-state index in [0.29, 0.717) is 0 Å². The summed E-state index contributed by atoms with van der Waals surface area (Å²) in [7, 11) is 1.96. The van der Waals surface area contributed by atoms with Crippen molar-refractivity contribution in [2.45, 2.75) is 59.1 Å². The van der Waals surface area contributed by atoms with E-state index in [1.807, 2.05) is 58.8 Å². The Morgan fingerprint density at radius 3 is 2.44 bits per heavy atom. The number of nitrogens with one attached hydrogen (secondary N) is 1. The number of aromatic nitrogens is 1. The lowest BCUT2D eigenvalue weighted by Crippen LogP contribution is -2.46. The van der Waals surface area contributed by atoms with Gasteiger partial charge in [-0.3, -0.25) is 9.99 Å². The lowest BCUT2D eigenvalue weighted by molar-refractivity contribution is 0.0497. The molecule has 1 aliphatic rings. The van der Waals surface area contributed by atoms with Crippen LogP contribution in [0.1, 0.15) is 51.8 Å². The Bertz CT molecular complexity index is 942. The Morgan fingerprint density at radius 2 is 1.84 bits per heavy atom. The number of hydrazone groups is 1. The molecule has 1 amide bonds. The molecular weight excluding hydrogens is 402 g/mol. The quantitative estimate of drug-likeness (QED) is 0.540. The zero-order valence-corrected chi connectivity index (χ0v) is 20.1. The van der Waals surface area contributed by atoms with Gasteiger partial charge in [0.05, 0.1) is 11.4 Å². The maximum Gasteiger partial charge on any atom is 0.407 e. The highest BCUT2D eigenvalue weighted by Crippen LogP contribution is 2.24. The van der Waals surface area contributed by atoms with Crippen molar-refractivity contribution >= 4 is 23.2 Å². The second kappa shape index (κ2) is 10.0. The number of piperidine rings is 1. The zero-order valence-electron chi connectivity index (χ0n) is 20.1. The first-order chi connectivity index (χ1) is 15.1. The molecule has 0 atom stereocenters. The summed E-state index contributed by atoms with van der Waals surface area (Å²) in [6, 6.07) is 12.6. The molecule has 1 aromatic heterocycles. The summed E-state index contributed by atoms with van der Waals surface area (Å²) in [5.41, 5.74) is 4.69. The van der Waals surface area contributed by atoms with Gasteiger partial charge in [-0.05, 0) is 83.9 Å². The third-order valence-corrected chi connectivity index (χ3v) is 5.50. The van der Waals surface area contributed by atoms with Gasteiger partial charge >= 0.3 is 6.09 Å². The number of hydrogen-bond donors (Lipinski definition) is 1. The fraction of sp³-hybridized carbons (Fsp3) is 0.480. The number of rotatable bonds is 5. The summed E-state index contributed by atoms with van der Waals surface area (Å²) in [4.78, 5) is 18.7. The summed E-state index contributed by atoms with van der Waals surface area (Å²) >= 11 is 0. The monoisotopic (exact) mass is 437 g/mol.